The van der Waals surface area contributed by atoms with Gasteiger partial charge in [0, 0.05) is 24.7 Å². The predicted molar refractivity (Wildman–Crippen MR) is 98.1 cm³/mol. The maximum atomic E-state index is 13.9. The molecule has 1 heterocycles. The normalized spacial score (nSPS) is 16.7. The summed E-state index contributed by atoms with van der Waals surface area (Å²) in [6, 6.07) is 12.9. The van der Waals surface area contributed by atoms with E-state index >= 15 is 0 Å². The van der Waals surface area contributed by atoms with Crippen LogP contribution in [0.2, 0.25) is 0 Å². The average Bonchev–Trinajstić information content (AvgIpc) is 3.40. The molecule has 2 aromatic carbocycles. The largest absolute Gasteiger partial charge is 0.454 e. The van der Waals surface area contributed by atoms with Gasteiger partial charge in [-0.05, 0) is 36.6 Å². The second-order valence-corrected chi connectivity index (χ2v) is 7.11. The van der Waals surface area contributed by atoms with Crippen molar-refractivity contribution in [3.05, 3.63) is 59.4 Å². The van der Waals surface area contributed by atoms with E-state index in [2.05, 4.69) is 4.90 Å². The molecule has 0 aromatic heterocycles. The molecule has 0 radical (unpaired) electrons. The molecule has 0 bridgehead atoms. The number of aliphatic hydroxyl groups excluding tert-OH is 1. The highest BCUT2D eigenvalue weighted by Crippen LogP contribution is 2.32. The third kappa shape index (κ3) is 4.77. The fraction of sp³-hybridized carbons (Fsp3) is 0.429. The number of fused-ring (bicyclic) bond motifs is 1. The molecule has 6 heteroatoms. The molecule has 2 aromatic rings. The Hall–Kier alpha value is -2.15. The smallest absolute Gasteiger partial charge is 0.231 e. The van der Waals surface area contributed by atoms with Crippen molar-refractivity contribution in [2.75, 3.05) is 19.9 Å². The molecule has 1 N–H and O–H groups in total. The van der Waals surface area contributed by atoms with Crippen molar-refractivity contribution in [1.29, 1.82) is 0 Å². The summed E-state index contributed by atoms with van der Waals surface area (Å²) in [5.74, 6) is 1.27. The van der Waals surface area contributed by atoms with Gasteiger partial charge in [-0.3, -0.25) is 4.90 Å². The summed E-state index contributed by atoms with van der Waals surface area (Å²) in [6.45, 7) is 1.85. The Labute approximate surface area is 158 Å². The minimum absolute atomic E-state index is 0.198. The third-order valence-electron chi connectivity index (χ3n) is 4.86. The van der Waals surface area contributed by atoms with E-state index in [4.69, 9.17) is 14.2 Å². The van der Waals surface area contributed by atoms with Crippen molar-refractivity contribution in [3.63, 3.8) is 0 Å². The molecule has 1 aliphatic heterocycles. The minimum Gasteiger partial charge on any atom is -0.454 e. The first-order valence-corrected chi connectivity index (χ1v) is 9.31. The van der Waals surface area contributed by atoms with Crippen LogP contribution in [0.25, 0.3) is 0 Å². The van der Waals surface area contributed by atoms with Gasteiger partial charge >= 0.3 is 0 Å². The second kappa shape index (κ2) is 8.25. The molecule has 4 rings (SSSR count). The zero-order valence-electron chi connectivity index (χ0n) is 15.1. The predicted octanol–water partition coefficient (Wildman–Crippen LogP) is 3.10. The molecule has 0 spiro atoms. The highest BCUT2D eigenvalue weighted by atomic mass is 19.1. The summed E-state index contributed by atoms with van der Waals surface area (Å²) >= 11 is 0. The molecule has 1 saturated carbocycles. The van der Waals surface area contributed by atoms with Gasteiger partial charge in [-0.2, -0.15) is 0 Å². The van der Waals surface area contributed by atoms with Crippen molar-refractivity contribution >= 4 is 0 Å². The first-order chi connectivity index (χ1) is 13.2. The van der Waals surface area contributed by atoms with Gasteiger partial charge < -0.3 is 19.3 Å². The Morgan fingerprint density at radius 3 is 2.78 bits per heavy atom. The topological polar surface area (TPSA) is 51.2 Å². The van der Waals surface area contributed by atoms with Gasteiger partial charge in [-0.25, -0.2) is 4.39 Å². The molecular weight excluding hydrogens is 349 g/mol. The zero-order chi connectivity index (χ0) is 18.6. The zero-order valence-corrected chi connectivity index (χ0v) is 15.1. The minimum atomic E-state index is -0.619. The van der Waals surface area contributed by atoms with E-state index < -0.39 is 6.10 Å². The number of halogens is 1. The second-order valence-electron chi connectivity index (χ2n) is 7.11. The molecule has 1 atom stereocenters. The first-order valence-electron chi connectivity index (χ1n) is 9.31. The van der Waals surface area contributed by atoms with Crippen LogP contribution in [0.1, 0.15) is 24.0 Å². The number of benzene rings is 2. The molecule has 0 amide bonds. The van der Waals surface area contributed by atoms with E-state index in [1.54, 1.807) is 12.1 Å². The van der Waals surface area contributed by atoms with Crippen molar-refractivity contribution in [2.45, 2.75) is 38.1 Å². The molecule has 0 unspecified atom stereocenters. The Bertz CT molecular complexity index is 781. The highest BCUT2D eigenvalue weighted by Gasteiger charge is 2.30. The van der Waals surface area contributed by atoms with Crippen LogP contribution in [0, 0.1) is 5.82 Å². The lowest BCUT2D eigenvalue weighted by Crippen LogP contribution is -2.36. The first kappa shape index (κ1) is 18.2. The van der Waals surface area contributed by atoms with Crippen LogP contribution in [0.4, 0.5) is 4.39 Å². The Kier molecular flexibility index (Phi) is 5.57. The molecule has 144 valence electrons. The summed E-state index contributed by atoms with van der Waals surface area (Å²) in [6.07, 6.45) is 1.57. The maximum Gasteiger partial charge on any atom is 0.231 e. The van der Waals surface area contributed by atoms with Crippen LogP contribution in [-0.4, -0.2) is 42.1 Å². The molecule has 0 saturated heterocycles. The lowest BCUT2D eigenvalue weighted by Gasteiger charge is -2.25. The van der Waals surface area contributed by atoms with Crippen LogP contribution < -0.4 is 9.47 Å². The number of nitrogens with zero attached hydrogens (tertiary/aromatic N) is 1. The van der Waals surface area contributed by atoms with E-state index in [0.29, 0.717) is 31.3 Å². The quantitative estimate of drug-likeness (QED) is 0.732. The Morgan fingerprint density at radius 1 is 1.15 bits per heavy atom. The van der Waals surface area contributed by atoms with Crippen molar-refractivity contribution in [2.24, 2.45) is 0 Å². The van der Waals surface area contributed by atoms with Crippen LogP contribution in [0.5, 0.6) is 11.5 Å². The van der Waals surface area contributed by atoms with Crippen LogP contribution >= 0.6 is 0 Å². The van der Waals surface area contributed by atoms with E-state index in [0.717, 1.165) is 29.9 Å². The van der Waals surface area contributed by atoms with Crippen LogP contribution in [0.15, 0.2) is 42.5 Å². The van der Waals surface area contributed by atoms with E-state index in [-0.39, 0.29) is 19.2 Å². The average molecular weight is 373 g/mol. The van der Waals surface area contributed by atoms with E-state index in [1.165, 1.54) is 6.07 Å². The molecule has 1 aliphatic carbocycles. The maximum absolute atomic E-state index is 13.9. The van der Waals surface area contributed by atoms with Crippen molar-refractivity contribution in [3.8, 4) is 11.5 Å². The number of hydrogen-bond donors (Lipinski definition) is 1. The van der Waals surface area contributed by atoms with Gasteiger partial charge in [0.1, 0.15) is 5.82 Å². The van der Waals surface area contributed by atoms with Gasteiger partial charge in [-0.15, -0.1) is 0 Å². The van der Waals surface area contributed by atoms with Crippen LogP contribution in [-0.2, 0) is 17.9 Å². The molecule has 27 heavy (non-hydrogen) atoms. The van der Waals surface area contributed by atoms with Crippen LogP contribution in [0.3, 0.4) is 0 Å². The molecule has 2 aliphatic rings. The lowest BCUT2D eigenvalue weighted by molar-refractivity contribution is 0.00687. The lowest BCUT2D eigenvalue weighted by atomic mass is 10.2. The number of hydrogen-bond acceptors (Lipinski definition) is 5. The van der Waals surface area contributed by atoms with Gasteiger partial charge in [0.05, 0.1) is 19.3 Å². The summed E-state index contributed by atoms with van der Waals surface area (Å²) in [4.78, 5) is 2.15. The number of aliphatic hydroxyl groups is 1. The summed E-state index contributed by atoms with van der Waals surface area (Å²) in [5.41, 5.74) is 1.63. The number of ether oxygens (including phenoxy) is 3. The fourth-order valence-corrected chi connectivity index (χ4v) is 3.29. The highest BCUT2D eigenvalue weighted by molar-refractivity contribution is 5.44. The SMILES string of the molecule is O[C@@H](COCc1ccc2c(c1)OCO2)CN(Cc1ccccc1F)C1CC1. The summed E-state index contributed by atoms with van der Waals surface area (Å²) in [5, 5.41) is 10.4. The molecular formula is C21H24FNO4. The third-order valence-corrected chi connectivity index (χ3v) is 4.86. The Balaban J connectivity index is 1.26. The van der Waals surface area contributed by atoms with Gasteiger partial charge in [0.2, 0.25) is 6.79 Å². The molecule has 5 nitrogen and oxygen atoms in total. The molecule has 1 fully saturated rings. The fourth-order valence-electron chi connectivity index (χ4n) is 3.29. The summed E-state index contributed by atoms with van der Waals surface area (Å²) < 4.78 is 30.2. The monoisotopic (exact) mass is 373 g/mol. The van der Waals surface area contributed by atoms with E-state index in [1.807, 2.05) is 24.3 Å². The Morgan fingerprint density at radius 2 is 1.96 bits per heavy atom. The summed E-state index contributed by atoms with van der Waals surface area (Å²) in [7, 11) is 0. The standard InChI is InChI=1S/C21H24FNO4/c22-19-4-2-1-3-16(19)10-23(17-6-7-17)11-18(24)13-25-12-15-5-8-20-21(9-15)27-14-26-20/h1-5,8-9,17-18,24H,6-7,10-14H2/t18-/m1/s1. The van der Waals surface area contributed by atoms with Crippen molar-refractivity contribution < 1.29 is 23.7 Å². The number of rotatable bonds is 9. The van der Waals surface area contributed by atoms with Gasteiger partial charge in [-0.1, -0.05) is 24.3 Å². The van der Waals surface area contributed by atoms with Gasteiger partial charge in [0.15, 0.2) is 11.5 Å². The van der Waals surface area contributed by atoms with Gasteiger partial charge in [0.25, 0.3) is 0 Å². The van der Waals surface area contributed by atoms with E-state index in [9.17, 15) is 9.50 Å². The van der Waals surface area contributed by atoms with Crippen molar-refractivity contribution in [1.82, 2.24) is 4.90 Å².